The molecule has 0 saturated carbocycles. The van der Waals surface area contributed by atoms with Gasteiger partial charge in [0, 0.05) is 25.8 Å². The number of rotatable bonds is 39. The lowest BCUT2D eigenvalue weighted by Crippen LogP contribution is -2.44. The Hall–Kier alpha value is -2.68. The van der Waals surface area contributed by atoms with Crippen LogP contribution in [0.25, 0.3) is 0 Å². The molecule has 54 heavy (non-hydrogen) atoms. The second-order valence-corrected chi connectivity index (χ2v) is 15.0. The lowest BCUT2D eigenvalue weighted by Gasteiger charge is -2.31. The molecule has 0 aliphatic heterocycles. The molecule has 0 rings (SSSR count). The van der Waals surface area contributed by atoms with Crippen molar-refractivity contribution in [3.63, 3.8) is 0 Å². The standard InChI is InChI=1S/C45H81NO8/c1-5-8-11-14-16-18-20-22-24-27-30-33-42(48)52-38-45(40-54-44(50)35-36-46-4,37-51-41(47)32-29-26-13-10-7-3)39-53-43(49)34-31-28-25-23-21-19-17-15-12-9-6-2/h14-17,46H,5-13,18-40H2,1-4H3/b16-14-,17-15-. The van der Waals surface area contributed by atoms with Gasteiger partial charge in [-0.2, -0.15) is 0 Å². The van der Waals surface area contributed by atoms with Gasteiger partial charge in [-0.3, -0.25) is 19.2 Å². The van der Waals surface area contributed by atoms with Crippen molar-refractivity contribution in [1.82, 2.24) is 5.32 Å². The lowest BCUT2D eigenvalue weighted by atomic mass is 9.92. The zero-order valence-electron chi connectivity index (χ0n) is 35.2. The van der Waals surface area contributed by atoms with Gasteiger partial charge in [-0.25, -0.2) is 0 Å². The Balaban J connectivity index is 5.22. The van der Waals surface area contributed by atoms with Crippen molar-refractivity contribution in [1.29, 1.82) is 0 Å². The summed E-state index contributed by atoms with van der Waals surface area (Å²) in [6.45, 7) is 6.20. The number of nitrogens with one attached hydrogen (secondary N) is 1. The van der Waals surface area contributed by atoms with Crippen molar-refractivity contribution in [2.45, 2.75) is 194 Å². The van der Waals surface area contributed by atoms with Crippen LogP contribution >= 0.6 is 0 Å². The van der Waals surface area contributed by atoms with Crippen LogP contribution in [0.15, 0.2) is 24.3 Å². The van der Waals surface area contributed by atoms with Crippen LogP contribution in [0.4, 0.5) is 0 Å². The van der Waals surface area contributed by atoms with E-state index in [1.54, 1.807) is 7.05 Å². The van der Waals surface area contributed by atoms with Gasteiger partial charge in [0.15, 0.2) is 0 Å². The first kappa shape index (κ1) is 51.3. The van der Waals surface area contributed by atoms with Crippen LogP contribution in [0.2, 0.25) is 0 Å². The monoisotopic (exact) mass is 764 g/mol. The summed E-state index contributed by atoms with van der Waals surface area (Å²) < 4.78 is 22.8. The normalized spacial score (nSPS) is 11.7. The molecular formula is C45H81NO8. The van der Waals surface area contributed by atoms with Gasteiger partial charge in [0.1, 0.15) is 31.8 Å². The van der Waals surface area contributed by atoms with E-state index in [4.69, 9.17) is 18.9 Å². The van der Waals surface area contributed by atoms with Crippen molar-refractivity contribution in [2.75, 3.05) is 40.0 Å². The number of allylic oxidation sites excluding steroid dienone is 4. The molecule has 0 aromatic rings. The third-order valence-electron chi connectivity index (χ3n) is 9.51. The predicted octanol–water partition coefficient (Wildman–Crippen LogP) is 11.1. The van der Waals surface area contributed by atoms with Crippen LogP contribution < -0.4 is 5.32 Å². The van der Waals surface area contributed by atoms with E-state index >= 15 is 0 Å². The van der Waals surface area contributed by atoms with Crippen molar-refractivity contribution in [3.05, 3.63) is 24.3 Å². The second kappa shape index (κ2) is 38.6. The number of hydrogen-bond acceptors (Lipinski definition) is 9. The van der Waals surface area contributed by atoms with Crippen molar-refractivity contribution < 1.29 is 38.1 Å². The molecule has 0 aliphatic carbocycles. The minimum absolute atomic E-state index is 0.147. The Labute approximate surface area is 330 Å². The van der Waals surface area contributed by atoms with Crippen LogP contribution in [-0.4, -0.2) is 63.9 Å². The molecule has 0 aromatic heterocycles. The molecule has 0 atom stereocenters. The summed E-state index contributed by atoms with van der Waals surface area (Å²) in [7, 11) is 1.75. The summed E-state index contributed by atoms with van der Waals surface area (Å²) in [6.07, 6.45) is 34.4. The lowest BCUT2D eigenvalue weighted by molar-refractivity contribution is -0.170. The van der Waals surface area contributed by atoms with Crippen molar-refractivity contribution >= 4 is 23.9 Å². The maximum absolute atomic E-state index is 12.9. The summed E-state index contributed by atoms with van der Waals surface area (Å²) in [4.78, 5) is 51.1. The molecule has 0 fully saturated rings. The first-order chi connectivity index (χ1) is 26.3. The maximum atomic E-state index is 12.9. The number of esters is 4. The van der Waals surface area contributed by atoms with E-state index in [0.717, 1.165) is 122 Å². The minimum Gasteiger partial charge on any atom is -0.465 e. The summed E-state index contributed by atoms with van der Waals surface area (Å²) >= 11 is 0. The van der Waals surface area contributed by atoms with E-state index in [0.29, 0.717) is 6.54 Å². The fourth-order valence-corrected chi connectivity index (χ4v) is 5.81. The van der Waals surface area contributed by atoms with Gasteiger partial charge < -0.3 is 24.3 Å². The molecular weight excluding hydrogens is 682 g/mol. The molecule has 0 aromatic carbocycles. The molecule has 0 saturated heterocycles. The predicted molar refractivity (Wildman–Crippen MR) is 220 cm³/mol. The number of carbonyl (C=O) groups is 4. The highest BCUT2D eigenvalue weighted by atomic mass is 16.6. The van der Waals surface area contributed by atoms with Gasteiger partial charge in [0.25, 0.3) is 0 Å². The van der Waals surface area contributed by atoms with Crippen LogP contribution in [0.3, 0.4) is 0 Å². The summed E-state index contributed by atoms with van der Waals surface area (Å²) in [5, 5.41) is 2.93. The fraction of sp³-hybridized carbons (Fsp3) is 0.822. The Kier molecular flexibility index (Phi) is 36.7. The molecule has 0 spiro atoms. The number of hydrogen-bond donors (Lipinski definition) is 1. The smallest absolute Gasteiger partial charge is 0.307 e. The molecule has 1 N–H and O–H groups in total. The van der Waals surface area contributed by atoms with E-state index in [1.165, 1.54) is 25.7 Å². The first-order valence-electron chi connectivity index (χ1n) is 21.9. The molecule has 0 aliphatic rings. The molecule has 314 valence electrons. The summed E-state index contributed by atoms with van der Waals surface area (Å²) in [6, 6.07) is 0. The molecule has 0 amide bonds. The summed E-state index contributed by atoms with van der Waals surface area (Å²) in [5.41, 5.74) is -1.21. The summed E-state index contributed by atoms with van der Waals surface area (Å²) in [5.74, 6) is -1.56. The van der Waals surface area contributed by atoms with E-state index in [1.807, 2.05) is 0 Å². The molecule has 0 heterocycles. The molecule has 0 unspecified atom stereocenters. The van der Waals surface area contributed by atoms with E-state index < -0.39 is 11.4 Å². The van der Waals surface area contributed by atoms with Gasteiger partial charge in [-0.05, 0) is 64.8 Å². The SMILES string of the molecule is CCCC/C=C\CCCCCCCC(=O)OCC(COC(=O)CCCCCCC)(COC(=O)CCCCCCC/C=C\CCCC)COC(=O)CCNC. The molecule has 0 radical (unpaired) electrons. The van der Waals surface area contributed by atoms with Gasteiger partial charge in [0.05, 0.1) is 6.42 Å². The van der Waals surface area contributed by atoms with Crippen LogP contribution in [0.1, 0.15) is 194 Å². The molecule has 9 nitrogen and oxygen atoms in total. The van der Waals surface area contributed by atoms with Gasteiger partial charge >= 0.3 is 23.9 Å². The van der Waals surface area contributed by atoms with Crippen LogP contribution in [0.5, 0.6) is 0 Å². The molecule has 0 bridgehead atoms. The maximum Gasteiger partial charge on any atom is 0.307 e. The highest BCUT2D eigenvalue weighted by Gasteiger charge is 2.38. The average molecular weight is 764 g/mol. The zero-order chi connectivity index (χ0) is 39.8. The fourth-order valence-electron chi connectivity index (χ4n) is 5.81. The number of unbranched alkanes of at least 4 members (excludes halogenated alkanes) is 18. The van der Waals surface area contributed by atoms with Gasteiger partial charge in [0.2, 0.25) is 0 Å². The highest BCUT2D eigenvalue weighted by molar-refractivity contribution is 5.71. The zero-order valence-corrected chi connectivity index (χ0v) is 35.2. The molecule has 9 heteroatoms. The number of carbonyl (C=O) groups excluding carboxylic acids is 4. The van der Waals surface area contributed by atoms with Crippen molar-refractivity contribution in [2.24, 2.45) is 5.41 Å². The third-order valence-corrected chi connectivity index (χ3v) is 9.51. The topological polar surface area (TPSA) is 117 Å². The Morgan fingerprint density at radius 2 is 0.704 bits per heavy atom. The Bertz CT molecular complexity index is 931. The van der Waals surface area contributed by atoms with E-state index in [2.05, 4.69) is 50.4 Å². The van der Waals surface area contributed by atoms with Gasteiger partial charge in [-0.1, -0.05) is 135 Å². The largest absolute Gasteiger partial charge is 0.465 e. The van der Waals surface area contributed by atoms with Crippen LogP contribution in [0, 0.1) is 5.41 Å². The number of ether oxygens (including phenoxy) is 4. The Morgan fingerprint density at radius 1 is 0.407 bits per heavy atom. The highest BCUT2D eigenvalue weighted by Crippen LogP contribution is 2.23. The minimum atomic E-state index is -1.21. The van der Waals surface area contributed by atoms with Crippen molar-refractivity contribution in [3.8, 4) is 0 Å². The van der Waals surface area contributed by atoms with Crippen LogP contribution in [-0.2, 0) is 38.1 Å². The average Bonchev–Trinajstić information content (AvgIpc) is 3.17. The van der Waals surface area contributed by atoms with E-state index in [-0.39, 0.29) is 70.0 Å². The first-order valence-corrected chi connectivity index (χ1v) is 21.9. The second-order valence-electron chi connectivity index (χ2n) is 15.0. The van der Waals surface area contributed by atoms with Gasteiger partial charge in [-0.15, -0.1) is 0 Å². The van der Waals surface area contributed by atoms with E-state index in [9.17, 15) is 19.2 Å². The third kappa shape index (κ3) is 33.9. The quantitative estimate of drug-likeness (QED) is 0.0282. The Morgan fingerprint density at radius 3 is 1.06 bits per heavy atom.